The predicted octanol–water partition coefficient (Wildman–Crippen LogP) is 26.3. The third-order valence-corrected chi connectivity index (χ3v) is 38.0. The van der Waals surface area contributed by atoms with Gasteiger partial charge >= 0.3 is 17.1 Å². The second-order valence-electron chi connectivity index (χ2n) is 33.9. The van der Waals surface area contributed by atoms with Crippen LogP contribution in [0.15, 0.2) is 352 Å². The first-order valence-electron chi connectivity index (χ1n) is 43.1. The summed E-state index contributed by atoms with van der Waals surface area (Å²) >= 11 is 0. The Morgan fingerprint density at radius 3 is 0.778 bits per heavy atom. The number of hydrogen-bond donors (Lipinski definition) is 2. The van der Waals surface area contributed by atoms with Gasteiger partial charge in [-0.2, -0.15) is 0 Å². The molecule has 2 aliphatic rings. The third-order valence-electron chi connectivity index (χ3n) is 25.8. The first kappa shape index (κ1) is 92.1. The molecule has 12 aromatic carbocycles. The average Bonchev–Trinajstić information content (AvgIpc) is 1.64. The maximum atomic E-state index is 3.83. The van der Waals surface area contributed by atoms with Crippen molar-refractivity contribution in [3.05, 3.63) is 400 Å². The quantitative estimate of drug-likeness (QED) is 0.0177. The van der Waals surface area contributed by atoms with Crippen molar-refractivity contribution >= 4 is 74.1 Å². The molecule has 2 nitrogen and oxygen atoms in total. The topological polar surface area (TPSA) is 24.1 Å². The molecule has 0 amide bonds. The van der Waals surface area contributed by atoms with Crippen LogP contribution in [0.5, 0.6) is 0 Å². The van der Waals surface area contributed by atoms with E-state index in [0.717, 1.165) is 39.0 Å². The van der Waals surface area contributed by atoms with Crippen LogP contribution in [0.4, 0.5) is 0 Å². The van der Waals surface area contributed by atoms with Crippen LogP contribution in [0.1, 0.15) is 189 Å². The smallest absolute Gasteiger partial charge is 0.358 e. The molecule has 0 aromatic heterocycles. The monoisotopic (exact) mass is 1660 g/mol. The van der Waals surface area contributed by atoms with Gasteiger partial charge < -0.3 is 25.5 Å². The van der Waals surface area contributed by atoms with Gasteiger partial charge in [0.1, 0.15) is 0 Å². The van der Waals surface area contributed by atoms with Gasteiger partial charge in [0.15, 0.2) is 0 Å². The molecular weight excluding hydrogens is 1530 g/mol. The number of benzene rings is 12. The second kappa shape index (κ2) is 46.6. The largest absolute Gasteiger partial charge is 2.00 e. The summed E-state index contributed by atoms with van der Waals surface area (Å²) in [7, 11) is -2.17. The van der Waals surface area contributed by atoms with Gasteiger partial charge in [-0.15, -0.1) is 0 Å². The Hall–Kier alpha value is -7.20. The Bertz CT molecular complexity index is 4340. The zero-order valence-corrected chi connectivity index (χ0v) is 76.4. The first-order valence-corrected chi connectivity index (χ1v) is 48.8. The summed E-state index contributed by atoms with van der Waals surface area (Å²) in [6, 6.07) is 133. The van der Waals surface area contributed by atoms with Crippen molar-refractivity contribution in [3.8, 4) is 0 Å². The minimum atomic E-state index is -0.544. The fraction of sp³-hybridized carbons (Fsp3) is 0.327. The first-order chi connectivity index (χ1) is 55.9. The zero-order valence-electron chi connectivity index (χ0n) is 71.7. The molecule has 0 saturated heterocycles. The number of hydrogen-bond acceptors (Lipinski definition) is 2. The maximum Gasteiger partial charge on any atom is 2.00 e. The normalized spacial score (nSPS) is 17.7. The standard InChI is InChI=1S/2C54H63NP2.2CH3.Fe/c1-5-44(38-42(2)45-22-11-6-12-23-45)46-34-32-43(33-35-46)41-55-37-21-36-54(3,4)47-39-52(56(48-24-13-7-14-25-48)49-26-15-8-16-27-49)53(40-47)57(50-28-17-9-18-29-50)51-30-19-10-20-31-51;1-5-50(43-23-12-7-13-24-43)51(6-2)44-35-33-42(34-36-44)41-55-38-22-37-54(3,4)45-39-52(56(46-25-14-8-15-26-46)47-27-16-9-17-28-47)53(40-45)57(48-29-18-10-19-30-48)49-31-20-11-21-32-49;;;/h6-20,22-35,42,44,47,52-53,55H,5,21,36-41H2,1-4H3;7-21,23-36,45,50-53,55H,5-6,22,37-41H2,1-4H3;2*1H3;/q;;2*-1;+2. The van der Waals surface area contributed by atoms with Crippen LogP contribution < -0.4 is 53.1 Å². The summed E-state index contributed by atoms with van der Waals surface area (Å²) in [5.41, 5.74) is 11.6. The summed E-state index contributed by atoms with van der Waals surface area (Å²) in [5.74, 6) is 3.60. The van der Waals surface area contributed by atoms with Gasteiger partial charge in [0.25, 0.3) is 0 Å². The molecule has 2 N–H and O–H groups in total. The van der Waals surface area contributed by atoms with E-state index in [2.05, 4.69) is 418 Å². The van der Waals surface area contributed by atoms with Crippen LogP contribution in [-0.4, -0.2) is 35.7 Å². The van der Waals surface area contributed by atoms with E-state index in [1.165, 1.54) is 140 Å². The molecule has 8 unspecified atom stereocenters. The van der Waals surface area contributed by atoms with Crippen LogP contribution >= 0.6 is 31.7 Å². The summed E-state index contributed by atoms with van der Waals surface area (Å²) in [6.45, 7) is 23.7. The van der Waals surface area contributed by atoms with Crippen molar-refractivity contribution in [3.63, 3.8) is 0 Å². The van der Waals surface area contributed by atoms with Gasteiger partial charge in [0.2, 0.25) is 0 Å². The van der Waals surface area contributed by atoms with Crippen molar-refractivity contribution in [1.82, 2.24) is 10.6 Å². The van der Waals surface area contributed by atoms with E-state index in [1.807, 2.05) is 0 Å². The molecule has 610 valence electrons. The molecule has 117 heavy (non-hydrogen) atoms. The Morgan fingerprint density at radius 2 is 0.530 bits per heavy atom. The van der Waals surface area contributed by atoms with E-state index in [4.69, 9.17) is 0 Å². The summed E-state index contributed by atoms with van der Waals surface area (Å²) in [4.78, 5) is 0. The Labute approximate surface area is 724 Å². The molecule has 14 rings (SSSR count). The van der Waals surface area contributed by atoms with Crippen molar-refractivity contribution < 1.29 is 17.1 Å². The molecule has 0 aliphatic heterocycles. The average molecular weight is 1660 g/mol. The zero-order chi connectivity index (χ0) is 78.9. The van der Waals surface area contributed by atoms with E-state index in [-0.39, 0.29) is 42.8 Å². The van der Waals surface area contributed by atoms with E-state index < -0.39 is 31.7 Å². The molecule has 0 bridgehead atoms. The van der Waals surface area contributed by atoms with Crippen LogP contribution in [0.2, 0.25) is 0 Å². The fourth-order valence-corrected chi connectivity index (χ4v) is 32.8. The molecular formula is C110H132FeN2P4. The number of nitrogens with one attached hydrogen (secondary N) is 2. The van der Waals surface area contributed by atoms with Crippen LogP contribution in [0.25, 0.3) is 0 Å². The minimum Gasteiger partial charge on any atom is -0.358 e. The van der Waals surface area contributed by atoms with Crippen molar-refractivity contribution in [2.24, 2.45) is 22.7 Å². The van der Waals surface area contributed by atoms with Crippen molar-refractivity contribution in [2.45, 2.75) is 192 Å². The minimum absolute atomic E-state index is 0. The molecule has 0 radical (unpaired) electrons. The van der Waals surface area contributed by atoms with Crippen LogP contribution in [-0.2, 0) is 30.2 Å². The summed E-state index contributed by atoms with van der Waals surface area (Å²) < 4.78 is 0. The predicted molar refractivity (Wildman–Crippen MR) is 517 cm³/mol. The van der Waals surface area contributed by atoms with Crippen LogP contribution in [0.3, 0.4) is 0 Å². The Kier molecular flexibility index (Phi) is 36.6. The second-order valence-corrected chi connectivity index (χ2v) is 43.6. The third kappa shape index (κ3) is 24.6. The number of rotatable bonds is 36. The molecule has 12 aromatic rings. The molecule has 7 heteroatoms. The fourth-order valence-electron chi connectivity index (χ4n) is 19.3. The molecule has 2 fully saturated rings. The van der Waals surface area contributed by atoms with Gasteiger partial charge in [0, 0.05) is 13.1 Å². The van der Waals surface area contributed by atoms with Gasteiger partial charge in [0.05, 0.1) is 0 Å². The van der Waals surface area contributed by atoms with E-state index in [9.17, 15) is 0 Å². The van der Waals surface area contributed by atoms with Gasteiger partial charge in [-0.25, -0.2) is 0 Å². The molecule has 0 spiro atoms. The summed E-state index contributed by atoms with van der Waals surface area (Å²) in [6.07, 6.45) is 14.7. The SMILES string of the molecule is CCC(CC(C)c1ccccc1)c1ccc(CNCCCC(C)(C)C2CC(P(c3ccccc3)c3ccccc3)C(P(c3ccccc3)c3ccccc3)C2)cc1.CCC(c1ccccc1)C(CC)c1ccc(CNCCCC(C)(C)C2CC(P(c3ccccc3)c3ccccc3)C(P(c3ccccc3)c3ccccc3)C2)cc1.[CH3-].[CH3-].[Fe+2]. The molecule has 2 saturated carbocycles. The van der Waals surface area contributed by atoms with Gasteiger partial charge in [-0.1, -0.05) is 407 Å². The van der Waals surface area contributed by atoms with Crippen LogP contribution in [0, 0.1) is 37.5 Å². The van der Waals surface area contributed by atoms with E-state index >= 15 is 0 Å². The Morgan fingerprint density at radius 1 is 0.299 bits per heavy atom. The van der Waals surface area contributed by atoms with Crippen molar-refractivity contribution in [1.29, 1.82) is 0 Å². The van der Waals surface area contributed by atoms with Gasteiger partial charge in [-0.3, -0.25) is 0 Å². The Balaban J connectivity index is 0.000000241. The van der Waals surface area contributed by atoms with E-state index in [0.29, 0.717) is 58.1 Å². The summed E-state index contributed by atoms with van der Waals surface area (Å²) in [5, 5.41) is 19.8. The van der Waals surface area contributed by atoms with Gasteiger partial charge in [-0.05, 0) is 267 Å². The molecule has 2 aliphatic carbocycles. The van der Waals surface area contributed by atoms with Crippen molar-refractivity contribution in [2.75, 3.05) is 13.1 Å². The maximum absolute atomic E-state index is 3.83. The molecule has 0 heterocycles. The molecule has 8 atom stereocenters. The van der Waals surface area contributed by atoms with E-state index in [1.54, 1.807) is 0 Å².